The van der Waals surface area contributed by atoms with E-state index in [0.717, 1.165) is 4.90 Å². The lowest BCUT2D eigenvalue weighted by molar-refractivity contribution is -0.132. The summed E-state index contributed by atoms with van der Waals surface area (Å²) in [7, 11) is 0. The molecule has 1 atom stereocenters. The minimum atomic E-state index is -1.22. The summed E-state index contributed by atoms with van der Waals surface area (Å²) in [6.45, 7) is 3.78. The van der Waals surface area contributed by atoms with E-state index >= 15 is 4.39 Å². The number of hydrogen-bond donors (Lipinski definition) is 2. The summed E-state index contributed by atoms with van der Waals surface area (Å²) < 4.78 is 20.6. The maximum Gasteiger partial charge on any atom is 0.302 e. The maximum absolute atomic E-state index is 15.0. The first kappa shape index (κ1) is 22.3. The SMILES string of the molecule is CC(C)Oc1ccc(/C(O)=C2\C(=O)C(=O)N(c3nc4ccccc4[nH]3)C2c2ccccc2F)cc1. The topological polar surface area (TPSA) is 95.5 Å². The first-order valence-corrected chi connectivity index (χ1v) is 11.1. The molecular weight excluding hydrogens is 449 g/mol. The third kappa shape index (κ3) is 3.93. The zero-order valence-electron chi connectivity index (χ0n) is 19.0. The maximum atomic E-state index is 15.0. The Balaban J connectivity index is 1.68. The van der Waals surface area contributed by atoms with E-state index in [1.165, 1.54) is 18.2 Å². The summed E-state index contributed by atoms with van der Waals surface area (Å²) in [6, 6.07) is 18.2. The highest BCUT2D eigenvalue weighted by molar-refractivity contribution is 6.51. The molecule has 1 amide bonds. The molecule has 1 saturated heterocycles. The van der Waals surface area contributed by atoms with Crippen LogP contribution in [0.15, 0.2) is 78.4 Å². The molecule has 0 radical (unpaired) electrons. The predicted octanol–water partition coefficient (Wildman–Crippen LogP) is 5.12. The molecule has 0 saturated carbocycles. The molecule has 35 heavy (non-hydrogen) atoms. The molecule has 4 aromatic rings. The van der Waals surface area contributed by atoms with Crippen LogP contribution in [-0.2, 0) is 9.59 Å². The van der Waals surface area contributed by atoms with Gasteiger partial charge in [-0.15, -0.1) is 0 Å². The zero-order valence-corrected chi connectivity index (χ0v) is 19.0. The third-order valence-electron chi connectivity index (χ3n) is 5.75. The van der Waals surface area contributed by atoms with Crippen LogP contribution in [0.2, 0.25) is 0 Å². The Hall–Kier alpha value is -4.46. The van der Waals surface area contributed by atoms with Crippen molar-refractivity contribution < 1.29 is 23.8 Å². The number of aliphatic hydroxyl groups excluding tert-OH is 1. The fourth-order valence-corrected chi connectivity index (χ4v) is 4.21. The monoisotopic (exact) mass is 471 g/mol. The van der Waals surface area contributed by atoms with E-state index in [-0.39, 0.29) is 23.2 Å². The van der Waals surface area contributed by atoms with Crippen molar-refractivity contribution in [2.75, 3.05) is 4.90 Å². The van der Waals surface area contributed by atoms with Gasteiger partial charge in [0.25, 0.3) is 5.78 Å². The number of halogens is 1. The molecule has 0 spiro atoms. The lowest BCUT2D eigenvalue weighted by atomic mass is 9.95. The van der Waals surface area contributed by atoms with E-state index in [4.69, 9.17) is 4.74 Å². The van der Waals surface area contributed by atoms with Crippen LogP contribution in [0.25, 0.3) is 16.8 Å². The highest BCUT2D eigenvalue weighted by Gasteiger charge is 2.49. The lowest BCUT2D eigenvalue weighted by Crippen LogP contribution is -2.30. The molecule has 1 aliphatic rings. The quantitative estimate of drug-likeness (QED) is 0.239. The van der Waals surface area contributed by atoms with E-state index in [2.05, 4.69) is 9.97 Å². The Labute approximate surface area is 200 Å². The Morgan fingerprint density at radius 1 is 1.03 bits per heavy atom. The van der Waals surface area contributed by atoms with Crippen LogP contribution < -0.4 is 9.64 Å². The molecule has 176 valence electrons. The number of nitrogens with zero attached hydrogens (tertiary/aromatic N) is 2. The van der Waals surface area contributed by atoms with Gasteiger partial charge in [0.2, 0.25) is 5.95 Å². The zero-order chi connectivity index (χ0) is 24.7. The van der Waals surface area contributed by atoms with Crippen molar-refractivity contribution in [1.29, 1.82) is 0 Å². The van der Waals surface area contributed by atoms with Gasteiger partial charge in [0.15, 0.2) is 0 Å². The number of fused-ring (bicyclic) bond motifs is 1. The molecule has 3 aromatic carbocycles. The molecule has 2 heterocycles. The van der Waals surface area contributed by atoms with Crippen LogP contribution in [0.5, 0.6) is 5.75 Å². The minimum absolute atomic E-state index is 0.0374. The molecule has 8 heteroatoms. The summed E-state index contributed by atoms with van der Waals surface area (Å²) in [5.74, 6) is -2.21. The van der Waals surface area contributed by atoms with Gasteiger partial charge in [0, 0.05) is 11.1 Å². The number of carbonyl (C=O) groups excluding carboxylic acids is 2. The lowest BCUT2D eigenvalue weighted by Gasteiger charge is -2.23. The second kappa shape index (κ2) is 8.72. The van der Waals surface area contributed by atoms with E-state index in [0.29, 0.717) is 22.3 Å². The number of amides is 1. The predicted molar refractivity (Wildman–Crippen MR) is 129 cm³/mol. The van der Waals surface area contributed by atoms with Crippen LogP contribution in [0, 0.1) is 5.82 Å². The Morgan fingerprint density at radius 3 is 2.40 bits per heavy atom. The Kier molecular flexibility index (Phi) is 5.56. The van der Waals surface area contributed by atoms with E-state index in [1.807, 2.05) is 13.8 Å². The standard InChI is InChI=1S/C27H22FN3O4/c1-15(2)35-17-13-11-16(12-14-17)24(32)22-23(18-7-3-4-8-19(18)28)31(26(34)25(22)33)27-29-20-9-5-6-10-21(20)30-27/h3-15,23,32H,1-2H3,(H,29,30)/b24-22+. The normalized spacial score (nSPS) is 17.5. The second-order valence-electron chi connectivity index (χ2n) is 8.46. The van der Waals surface area contributed by atoms with Crippen molar-refractivity contribution >= 4 is 34.4 Å². The number of nitrogens with one attached hydrogen (secondary N) is 1. The second-order valence-corrected chi connectivity index (χ2v) is 8.46. The van der Waals surface area contributed by atoms with E-state index < -0.39 is 29.3 Å². The van der Waals surface area contributed by atoms with Crippen molar-refractivity contribution in [1.82, 2.24) is 9.97 Å². The van der Waals surface area contributed by atoms with Crippen LogP contribution in [0.4, 0.5) is 10.3 Å². The van der Waals surface area contributed by atoms with Crippen LogP contribution in [0.1, 0.15) is 31.0 Å². The first-order chi connectivity index (χ1) is 16.8. The third-order valence-corrected chi connectivity index (χ3v) is 5.75. The van der Waals surface area contributed by atoms with Gasteiger partial charge in [-0.2, -0.15) is 0 Å². The average molecular weight is 471 g/mol. The number of ketones is 1. The number of para-hydroxylation sites is 2. The molecule has 2 N–H and O–H groups in total. The Morgan fingerprint density at radius 2 is 1.71 bits per heavy atom. The highest BCUT2D eigenvalue weighted by atomic mass is 19.1. The summed E-state index contributed by atoms with van der Waals surface area (Å²) in [6.07, 6.45) is -0.0374. The average Bonchev–Trinajstić information content (AvgIpc) is 3.37. The number of imidazole rings is 1. The number of benzene rings is 3. The number of ether oxygens (including phenoxy) is 1. The number of H-pyrrole nitrogens is 1. The van der Waals surface area contributed by atoms with Gasteiger partial charge in [0.1, 0.15) is 23.4 Å². The van der Waals surface area contributed by atoms with E-state index in [9.17, 15) is 14.7 Å². The number of aromatic nitrogens is 2. The number of anilines is 1. The minimum Gasteiger partial charge on any atom is -0.507 e. The number of aromatic amines is 1. The summed E-state index contributed by atoms with van der Waals surface area (Å²) in [5.41, 5.74) is 1.37. The van der Waals surface area contributed by atoms with Crippen molar-refractivity contribution in [3.05, 3.63) is 95.3 Å². The van der Waals surface area contributed by atoms with Gasteiger partial charge >= 0.3 is 5.91 Å². The van der Waals surface area contributed by atoms with Gasteiger partial charge in [0.05, 0.1) is 22.7 Å². The smallest absolute Gasteiger partial charge is 0.302 e. The molecule has 1 fully saturated rings. The number of rotatable bonds is 5. The fraction of sp³-hybridized carbons (Fsp3) is 0.148. The largest absolute Gasteiger partial charge is 0.507 e. The summed E-state index contributed by atoms with van der Waals surface area (Å²) in [4.78, 5) is 35.0. The molecule has 1 unspecified atom stereocenters. The van der Waals surface area contributed by atoms with Gasteiger partial charge in [-0.1, -0.05) is 30.3 Å². The molecular formula is C27H22FN3O4. The van der Waals surface area contributed by atoms with Gasteiger partial charge in [-0.05, 0) is 56.3 Å². The van der Waals surface area contributed by atoms with Crippen molar-refractivity contribution in [3.63, 3.8) is 0 Å². The summed E-state index contributed by atoms with van der Waals surface area (Å²) >= 11 is 0. The highest BCUT2D eigenvalue weighted by Crippen LogP contribution is 2.42. The Bertz CT molecular complexity index is 1440. The molecule has 1 aliphatic heterocycles. The number of Topliss-reactive ketones (excluding diaryl/α,β-unsaturated/α-hetero) is 1. The van der Waals surface area contributed by atoms with Gasteiger partial charge in [-0.3, -0.25) is 14.5 Å². The van der Waals surface area contributed by atoms with Crippen molar-refractivity contribution in [2.24, 2.45) is 0 Å². The molecule has 0 aliphatic carbocycles. The van der Waals surface area contributed by atoms with Gasteiger partial charge < -0.3 is 14.8 Å². The number of carbonyl (C=O) groups is 2. The molecule has 5 rings (SSSR count). The van der Waals surface area contributed by atoms with Crippen LogP contribution in [-0.4, -0.2) is 32.9 Å². The summed E-state index contributed by atoms with van der Waals surface area (Å²) in [5, 5.41) is 11.2. The van der Waals surface area contributed by atoms with Crippen LogP contribution >= 0.6 is 0 Å². The van der Waals surface area contributed by atoms with Crippen molar-refractivity contribution in [3.8, 4) is 5.75 Å². The van der Waals surface area contributed by atoms with Crippen LogP contribution in [0.3, 0.4) is 0 Å². The molecule has 1 aromatic heterocycles. The van der Waals surface area contributed by atoms with Crippen molar-refractivity contribution in [2.45, 2.75) is 26.0 Å². The number of hydrogen-bond acceptors (Lipinski definition) is 5. The molecule has 7 nitrogen and oxygen atoms in total. The number of aliphatic hydroxyl groups is 1. The van der Waals surface area contributed by atoms with Gasteiger partial charge in [-0.25, -0.2) is 9.37 Å². The fourth-order valence-electron chi connectivity index (χ4n) is 4.21. The molecule has 0 bridgehead atoms. The first-order valence-electron chi connectivity index (χ1n) is 11.1. The van der Waals surface area contributed by atoms with E-state index in [1.54, 1.807) is 54.6 Å².